The topological polar surface area (TPSA) is 41.8 Å². The second-order valence-electron chi connectivity index (χ2n) is 1.17. The third-order valence-corrected chi connectivity index (χ3v) is 0.640. The third-order valence-electron chi connectivity index (χ3n) is 0.640. The second-order valence-corrected chi connectivity index (χ2v) is 1.17. The molecule has 0 saturated heterocycles. The highest BCUT2D eigenvalue weighted by atomic mass is 35.5. The summed E-state index contributed by atoms with van der Waals surface area (Å²) in [5, 5.41) is 0. The summed E-state index contributed by atoms with van der Waals surface area (Å²) >= 11 is 0. The fourth-order valence-corrected chi connectivity index (χ4v) is 0.328. The molecule has 1 heterocycles. The Hall–Kier alpha value is -0.700. The molecule has 1 amide bonds. The maximum Gasteiger partial charge on any atom is 0.252 e. The first-order valence-electron chi connectivity index (χ1n) is 1.96. The van der Waals surface area contributed by atoms with Crippen LogP contribution in [0.4, 0.5) is 0 Å². The predicted octanol–water partition coefficient (Wildman–Crippen LogP) is 0.438. The zero-order valence-electron chi connectivity index (χ0n) is 4.07. The van der Waals surface area contributed by atoms with Crippen molar-refractivity contribution in [1.82, 2.24) is 0 Å². The number of hydrogen-bond donors (Lipinski definition) is 0. The Bertz CT molecular complexity index is 141. The summed E-state index contributed by atoms with van der Waals surface area (Å²) in [5.74, 6) is -0.116. The van der Waals surface area contributed by atoms with Gasteiger partial charge in [-0.25, -0.2) is 9.98 Å². The molecule has 4 heteroatoms. The van der Waals surface area contributed by atoms with Crippen molar-refractivity contribution in [2.24, 2.45) is 9.98 Å². The second kappa shape index (κ2) is 3.32. The fourth-order valence-electron chi connectivity index (χ4n) is 0.328. The van der Waals surface area contributed by atoms with Gasteiger partial charge in [0.2, 0.25) is 0 Å². The van der Waals surface area contributed by atoms with Crippen LogP contribution in [0.25, 0.3) is 0 Å². The van der Waals surface area contributed by atoms with Gasteiger partial charge in [0.15, 0.2) is 0 Å². The molecule has 0 atom stereocenters. The van der Waals surface area contributed by atoms with Gasteiger partial charge >= 0.3 is 0 Å². The maximum absolute atomic E-state index is 10.2. The number of carbonyl (C=O) groups excluding carboxylic acids is 1. The van der Waals surface area contributed by atoms with Crippen LogP contribution < -0.4 is 0 Å². The maximum atomic E-state index is 10.2. The van der Waals surface area contributed by atoms with Gasteiger partial charge in [0, 0.05) is 6.21 Å². The van der Waals surface area contributed by atoms with Gasteiger partial charge in [0.1, 0.15) is 6.34 Å². The van der Waals surface area contributed by atoms with E-state index in [0.29, 0.717) is 6.42 Å². The van der Waals surface area contributed by atoms with Crippen LogP contribution in [0.2, 0.25) is 0 Å². The lowest BCUT2D eigenvalue weighted by molar-refractivity contribution is -0.116. The zero-order chi connectivity index (χ0) is 5.11. The molecule has 0 unspecified atom stereocenters. The molecular formula is C4H5ClN2O. The Morgan fingerprint density at radius 1 is 1.62 bits per heavy atom. The molecule has 0 saturated carbocycles. The highest BCUT2D eigenvalue weighted by molar-refractivity contribution is 5.99. The Labute approximate surface area is 52.9 Å². The van der Waals surface area contributed by atoms with Crippen molar-refractivity contribution < 1.29 is 4.79 Å². The number of aliphatic imine (C=N–C) groups is 2. The normalized spacial score (nSPS) is 15.8. The number of hydrogen-bond acceptors (Lipinski definition) is 2. The minimum absolute atomic E-state index is 0. The fraction of sp³-hybridized carbons (Fsp3) is 0.250. The molecule has 0 bridgehead atoms. The van der Waals surface area contributed by atoms with Crippen LogP contribution in [-0.4, -0.2) is 18.5 Å². The summed E-state index contributed by atoms with van der Waals surface area (Å²) in [6.45, 7) is 0. The number of rotatable bonds is 0. The molecule has 1 aliphatic heterocycles. The Morgan fingerprint density at radius 2 is 2.38 bits per heavy atom. The van der Waals surface area contributed by atoms with Gasteiger partial charge in [0.05, 0.1) is 6.42 Å². The van der Waals surface area contributed by atoms with Crippen LogP contribution in [0.5, 0.6) is 0 Å². The van der Waals surface area contributed by atoms with Crippen LogP contribution in [0, 0.1) is 0 Å². The average molecular weight is 133 g/mol. The van der Waals surface area contributed by atoms with E-state index in [-0.39, 0.29) is 18.3 Å². The summed E-state index contributed by atoms with van der Waals surface area (Å²) in [7, 11) is 0. The number of amides is 1. The minimum Gasteiger partial charge on any atom is -0.272 e. The summed E-state index contributed by atoms with van der Waals surface area (Å²) in [4.78, 5) is 17.1. The molecule has 0 aromatic carbocycles. The number of carbonyl (C=O) groups is 1. The minimum atomic E-state index is -0.116. The third kappa shape index (κ3) is 1.84. The average Bonchev–Trinajstić information content (AvgIpc) is 1.69. The summed E-state index contributed by atoms with van der Waals surface area (Å²) in [5.41, 5.74) is 0. The molecule has 3 nitrogen and oxygen atoms in total. The van der Waals surface area contributed by atoms with Crippen molar-refractivity contribution in [3.63, 3.8) is 0 Å². The molecule has 8 heavy (non-hydrogen) atoms. The molecule has 0 aromatic heterocycles. The lowest BCUT2D eigenvalue weighted by Crippen LogP contribution is -1.97. The van der Waals surface area contributed by atoms with Crippen molar-refractivity contribution in [3.05, 3.63) is 0 Å². The van der Waals surface area contributed by atoms with Gasteiger partial charge in [-0.1, -0.05) is 0 Å². The van der Waals surface area contributed by atoms with Crippen LogP contribution >= 0.6 is 12.4 Å². The van der Waals surface area contributed by atoms with Crippen molar-refractivity contribution >= 4 is 30.9 Å². The monoisotopic (exact) mass is 132 g/mol. The van der Waals surface area contributed by atoms with E-state index in [0.717, 1.165) is 0 Å². The predicted molar refractivity (Wildman–Crippen MR) is 33.9 cm³/mol. The van der Waals surface area contributed by atoms with Crippen molar-refractivity contribution in [1.29, 1.82) is 0 Å². The van der Waals surface area contributed by atoms with E-state index in [1.807, 2.05) is 0 Å². The SMILES string of the molecule is Cl.O=C1CC=NC=N1. The van der Waals surface area contributed by atoms with Crippen LogP contribution in [-0.2, 0) is 4.79 Å². The largest absolute Gasteiger partial charge is 0.272 e. The van der Waals surface area contributed by atoms with Crippen molar-refractivity contribution in [2.45, 2.75) is 6.42 Å². The first-order chi connectivity index (χ1) is 3.39. The van der Waals surface area contributed by atoms with Crippen molar-refractivity contribution in [3.8, 4) is 0 Å². The Kier molecular flexibility index (Phi) is 3.03. The first kappa shape index (κ1) is 7.30. The van der Waals surface area contributed by atoms with Gasteiger partial charge in [-0.15, -0.1) is 12.4 Å². The lowest BCUT2D eigenvalue weighted by Gasteiger charge is -1.87. The lowest BCUT2D eigenvalue weighted by atomic mass is 10.4. The van der Waals surface area contributed by atoms with E-state index in [1.165, 1.54) is 12.6 Å². The van der Waals surface area contributed by atoms with E-state index in [2.05, 4.69) is 9.98 Å². The summed E-state index contributed by atoms with van der Waals surface area (Å²) in [6.07, 6.45) is 3.15. The van der Waals surface area contributed by atoms with Crippen LogP contribution in [0.15, 0.2) is 9.98 Å². The molecule has 0 aromatic rings. The summed E-state index contributed by atoms with van der Waals surface area (Å²) < 4.78 is 0. The van der Waals surface area contributed by atoms with Crippen LogP contribution in [0.1, 0.15) is 6.42 Å². The van der Waals surface area contributed by atoms with E-state index in [1.54, 1.807) is 0 Å². The standard InChI is InChI=1S/C4H4N2O.ClH/c7-4-1-2-5-3-6-4;/h2-3H,1H2;1H. The quantitative estimate of drug-likeness (QED) is 0.472. The molecule has 0 N–H and O–H groups in total. The van der Waals surface area contributed by atoms with Crippen LogP contribution in [0.3, 0.4) is 0 Å². The zero-order valence-corrected chi connectivity index (χ0v) is 4.89. The van der Waals surface area contributed by atoms with Gasteiger partial charge < -0.3 is 0 Å². The molecule has 1 rings (SSSR count). The highest BCUT2D eigenvalue weighted by Crippen LogP contribution is 1.84. The molecule has 0 aliphatic carbocycles. The Morgan fingerprint density at radius 3 is 2.62 bits per heavy atom. The van der Waals surface area contributed by atoms with E-state index < -0.39 is 0 Å². The number of nitrogens with zero attached hydrogens (tertiary/aromatic N) is 2. The first-order valence-corrected chi connectivity index (χ1v) is 1.96. The number of halogens is 1. The summed E-state index contributed by atoms with van der Waals surface area (Å²) in [6, 6.07) is 0. The molecule has 0 fully saturated rings. The molecule has 0 radical (unpaired) electrons. The highest BCUT2D eigenvalue weighted by Gasteiger charge is 1.94. The van der Waals surface area contributed by atoms with E-state index in [4.69, 9.17) is 0 Å². The van der Waals surface area contributed by atoms with E-state index >= 15 is 0 Å². The smallest absolute Gasteiger partial charge is 0.252 e. The van der Waals surface area contributed by atoms with Gasteiger partial charge in [0.25, 0.3) is 5.91 Å². The Balaban J connectivity index is 0.000000490. The molecular weight excluding hydrogens is 128 g/mol. The molecule has 44 valence electrons. The van der Waals surface area contributed by atoms with Gasteiger partial charge in [-0.05, 0) is 0 Å². The van der Waals surface area contributed by atoms with Crippen molar-refractivity contribution in [2.75, 3.05) is 0 Å². The van der Waals surface area contributed by atoms with E-state index in [9.17, 15) is 4.79 Å². The molecule has 0 spiro atoms. The van der Waals surface area contributed by atoms with Gasteiger partial charge in [-0.3, -0.25) is 4.79 Å². The molecule has 1 aliphatic rings. The van der Waals surface area contributed by atoms with Gasteiger partial charge in [-0.2, -0.15) is 0 Å².